The van der Waals surface area contributed by atoms with Crippen LogP contribution in [0.25, 0.3) is 0 Å². The van der Waals surface area contributed by atoms with Crippen molar-refractivity contribution >= 4 is 21.9 Å². The molecule has 2 rings (SSSR count). The molecule has 2 aliphatic rings. The molecule has 0 saturated heterocycles. The van der Waals surface area contributed by atoms with Crippen LogP contribution in [-0.2, 0) is 32.0 Å². The number of hydrogen-bond donors (Lipinski definition) is 0. The van der Waals surface area contributed by atoms with Crippen molar-refractivity contribution < 1.29 is 19.4 Å². The first-order valence-corrected chi connectivity index (χ1v) is 12.1. The van der Waals surface area contributed by atoms with Gasteiger partial charge in [-0.2, -0.15) is 0 Å². The molecule has 2 saturated carbocycles. The van der Waals surface area contributed by atoms with E-state index < -0.39 is 0 Å². The summed E-state index contributed by atoms with van der Waals surface area (Å²) in [5, 5.41) is 0. The molecule has 0 nitrogen and oxygen atoms in total. The summed E-state index contributed by atoms with van der Waals surface area (Å²) in [5.74, 6) is 14.7. The van der Waals surface area contributed by atoms with Crippen LogP contribution in [0.1, 0.15) is 83.1 Å². The van der Waals surface area contributed by atoms with E-state index in [1.807, 2.05) is 13.8 Å². The van der Waals surface area contributed by atoms with Crippen molar-refractivity contribution in [3.05, 3.63) is 71.8 Å². The molecule has 0 heterocycles. The Bertz CT molecular complexity index is 300. The zero-order valence-electron chi connectivity index (χ0n) is 20.1. The van der Waals surface area contributed by atoms with Crippen LogP contribution < -0.4 is 0 Å². The summed E-state index contributed by atoms with van der Waals surface area (Å²) in [6, 6.07) is 0. The normalized spacial score (nSPS) is 22.9. The zero-order valence-corrected chi connectivity index (χ0v) is 23.2. The summed E-state index contributed by atoms with van der Waals surface area (Å²) in [6.07, 6.45) is 1.75. The van der Waals surface area contributed by atoms with Gasteiger partial charge in [0.05, 0.1) is 0 Å². The second-order valence-electron chi connectivity index (χ2n) is 8.06. The Labute approximate surface area is 200 Å². The summed E-state index contributed by atoms with van der Waals surface area (Å²) in [5.41, 5.74) is 0. The molecule has 0 atom stereocenters. The van der Waals surface area contributed by atoms with E-state index in [1.165, 1.54) is 78.6 Å². The van der Waals surface area contributed by atoms with Gasteiger partial charge in [0.2, 0.25) is 0 Å². The quantitative estimate of drug-likeness (QED) is 0.219. The van der Waals surface area contributed by atoms with Gasteiger partial charge in [-0.05, 0) is 59.2 Å². The molecular formula is C25H39ClSTi. The van der Waals surface area contributed by atoms with E-state index in [0.29, 0.717) is 0 Å². The number of halogens is 1. The fourth-order valence-electron chi connectivity index (χ4n) is 2.81. The van der Waals surface area contributed by atoms with Crippen molar-refractivity contribution in [2.75, 3.05) is 0 Å². The molecule has 0 unspecified atom stereocenters. The molecule has 2 aliphatic carbocycles. The third kappa shape index (κ3) is 9.49. The summed E-state index contributed by atoms with van der Waals surface area (Å²) in [7, 11) is 4.64. The Hall–Kier alpha value is 1.09. The van der Waals surface area contributed by atoms with E-state index in [-0.39, 0.29) is 4.75 Å². The first-order chi connectivity index (χ1) is 12.7. The van der Waals surface area contributed by atoms with Gasteiger partial charge in [-0.1, -0.05) is 83.1 Å². The Kier molecular flexibility index (Phi) is 15.9. The van der Waals surface area contributed by atoms with Crippen molar-refractivity contribution in [1.29, 1.82) is 0 Å². The van der Waals surface area contributed by atoms with E-state index in [4.69, 9.17) is 12.6 Å². The minimum atomic E-state index is -0.111. The predicted molar refractivity (Wildman–Crippen MR) is 127 cm³/mol. The van der Waals surface area contributed by atoms with Crippen LogP contribution in [0.5, 0.6) is 0 Å². The minimum absolute atomic E-state index is 0.111. The van der Waals surface area contributed by atoms with Gasteiger partial charge in [0.15, 0.2) is 0 Å². The van der Waals surface area contributed by atoms with Crippen LogP contribution in [-0.4, -0.2) is 4.75 Å². The van der Waals surface area contributed by atoms with Gasteiger partial charge >= 0.3 is 28.7 Å². The first kappa shape index (κ1) is 31.3. The van der Waals surface area contributed by atoms with Gasteiger partial charge in [0.1, 0.15) is 0 Å². The molecule has 0 amide bonds. The summed E-state index contributed by atoms with van der Waals surface area (Å²) in [6.45, 7) is 29.4. The standard InChI is InChI=1S/2C10H15.C5H10S.ClH.Ti/c2*1-6-7(2)9(4)10(5)8(6)3;1-4-5(2,3)6;;/h2*1-5H3;4,6H,1H2,2-3H3;1H;/q;;;;+2/p-2. The van der Waals surface area contributed by atoms with E-state index in [1.54, 1.807) is 6.08 Å². The molecule has 0 N–H and O–H groups in total. The molecule has 10 radical (unpaired) electrons. The molecule has 0 aromatic rings. The first-order valence-electron chi connectivity index (χ1n) is 9.59. The number of hydrogen-bond acceptors (Lipinski definition) is 1. The summed E-state index contributed by atoms with van der Waals surface area (Å²) < 4.78 is -0.111. The van der Waals surface area contributed by atoms with Crippen molar-refractivity contribution in [2.24, 2.45) is 0 Å². The monoisotopic (exact) mass is 454 g/mol. The second kappa shape index (κ2) is 14.2. The summed E-state index contributed by atoms with van der Waals surface area (Å²) in [4.78, 5) is 0. The average Bonchev–Trinajstić information content (AvgIpc) is 2.94. The molecule has 2 fully saturated rings. The van der Waals surface area contributed by atoms with E-state index in [9.17, 15) is 0 Å². The van der Waals surface area contributed by atoms with Crippen LogP contribution in [0.15, 0.2) is 12.7 Å². The Morgan fingerprint density at radius 1 is 0.571 bits per heavy atom. The van der Waals surface area contributed by atoms with E-state index in [2.05, 4.69) is 85.1 Å². The number of rotatable bonds is 1. The van der Waals surface area contributed by atoms with Crippen molar-refractivity contribution in [2.45, 2.75) is 87.8 Å². The van der Waals surface area contributed by atoms with Gasteiger partial charge < -0.3 is 12.6 Å². The van der Waals surface area contributed by atoms with Gasteiger partial charge in [0, 0.05) is 0 Å². The topological polar surface area (TPSA) is 0 Å². The molecule has 0 spiro atoms. The van der Waals surface area contributed by atoms with Crippen LogP contribution in [0, 0.1) is 59.2 Å². The van der Waals surface area contributed by atoms with Gasteiger partial charge in [-0.25, -0.2) is 0 Å². The molecule has 0 aliphatic heterocycles. The maximum absolute atomic E-state index is 4.87. The zero-order chi connectivity index (χ0) is 23.0. The van der Waals surface area contributed by atoms with Gasteiger partial charge in [0.25, 0.3) is 0 Å². The van der Waals surface area contributed by atoms with E-state index in [0.717, 1.165) is 0 Å². The Morgan fingerprint density at radius 2 is 0.643 bits per heavy atom. The van der Waals surface area contributed by atoms with Crippen molar-refractivity contribution in [3.8, 4) is 0 Å². The predicted octanol–water partition coefficient (Wildman–Crippen LogP) is 8.13. The van der Waals surface area contributed by atoms with Crippen LogP contribution in [0.3, 0.4) is 0 Å². The molecule has 3 heteroatoms. The van der Waals surface area contributed by atoms with Crippen LogP contribution in [0.2, 0.25) is 0 Å². The average molecular weight is 455 g/mol. The van der Waals surface area contributed by atoms with Gasteiger partial charge in [-0.15, -0.1) is 17.4 Å². The molecule has 156 valence electrons. The Balaban J connectivity index is 0. The Morgan fingerprint density at radius 3 is 0.679 bits per heavy atom. The molecule has 0 bridgehead atoms. The third-order valence-corrected chi connectivity index (χ3v) is 6.28. The molecule has 28 heavy (non-hydrogen) atoms. The fourth-order valence-corrected chi connectivity index (χ4v) is 2.81. The van der Waals surface area contributed by atoms with Gasteiger partial charge in [-0.3, -0.25) is 0 Å². The van der Waals surface area contributed by atoms with Crippen LogP contribution >= 0.6 is 9.30 Å². The maximum atomic E-state index is 4.87. The van der Waals surface area contributed by atoms with Crippen molar-refractivity contribution in [1.82, 2.24) is 0 Å². The molecule has 0 aromatic heterocycles. The fraction of sp³-hybridized carbons (Fsp3) is 0.520. The van der Waals surface area contributed by atoms with Crippen molar-refractivity contribution in [3.63, 3.8) is 0 Å². The molecular weight excluding hydrogens is 416 g/mol. The van der Waals surface area contributed by atoms with E-state index >= 15 is 0 Å². The molecule has 0 aromatic carbocycles. The van der Waals surface area contributed by atoms with Crippen LogP contribution in [0.4, 0.5) is 0 Å². The SMILES string of the molecule is C=CC(C)(C)[S-].C[C]1[C](C)[C](C)[C](C)[C]1C.C[C]1[C](C)[C](C)[C](C)[C]1C.[Cl][Ti+]. The third-order valence-electron chi connectivity index (χ3n) is 6.12. The second-order valence-corrected chi connectivity index (χ2v) is 9.11. The summed E-state index contributed by atoms with van der Waals surface area (Å²) >= 11 is 6.34.